The summed E-state index contributed by atoms with van der Waals surface area (Å²) < 4.78 is 14.9. The average Bonchev–Trinajstić information content (AvgIpc) is 2.46. The number of aldehydes is 1. The molecule has 4 heteroatoms. The van der Waals surface area contributed by atoms with Crippen LogP contribution in [0.1, 0.15) is 10.4 Å². The number of rotatable bonds is 1. The van der Waals surface area contributed by atoms with Crippen LogP contribution in [0.4, 0.5) is 4.39 Å². The van der Waals surface area contributed by atoms with E-state index in [4.69, 9.17) is 0 Å². The molecule has 13 heavy (non-hydrogen) atoms. The number of halogens is 2. The Morgan fingerprint density at radius 2 is 2.15 bits per heavy atom. The summed E-state index contributed by atoms with van der Waals surface area (Å²) in [7, 11) is 0. The molecular formula is C9H4FIOS. The number of fused-ring (bicyclic) bond motifs is 1. The normalized spacial score (nSPS) is 10.6. The summed E-state index contributed by atoms with van der Waals surface area (Å²) in [5, 5.41) is 0.802. The van der Waals surface area contributed by atoms with Gasteiger partial charge < -0.3 is 0 Å². The monoisotopic (exact) mass is 306 g/mol. The maximum absolute atomic E-state index is 13.3. The zero-order chi connectivity index (χ0) is 9.42. The lowest BCUT2D eigenvalue weighted by molar-refractivity contribution is 0.112. The van der Waals surface area contributed by atoms with Gasteiger partial charge in [-0.2, -0.15) is 0 Å². The molecule has 0 bridgehead atoms. The molecule has 0 aliphatic carbocycles. The van der Waals surface area contributed by atoms with E-state index >= 15 is 0 Å². The van der Waals surface area contributed by atoms with Gasteiger partial charge in [0.25, 0.3) is 0 Å². The van der Waals surface area contributed by atoms with Crippen LogP contribution in [0.15, 0.2) is 18.2 Å². The number of carbonyl (C=O) groups is 1. The quantitative estimate of drug-likeness (QED) is 0.582. The average molecular weight is 306 g/mol. The van der Waals surface area contributed by atoms with Crippen molar-refractivity contribution in [3.8, 4) is 0 Å². The topological polar surface area (TPSA) is 17.1 Å². The Labute approximate surface area is 91.7 Å². The molecule has 1 aromatic heterocycles. The number of benzene rings is 1. The van der Waals surface area contributed by atoms with Gasteiger partial charge >= 0.3 is 0 Å². The molecule has 1 heterocycles. The summed E-state index contributed by atoms with van der Waals surface area (Å²) in [6.45, 7) is 0. The molecule has 1 aromatic carbocycles. The number of hydrogen-bond acceptors (Lipinski definition) is 2. The maximum atomic E-state index is 13.3. The summed E-state index contributed by atoms with van der Waals surface area (Å²) in [4.78, 5) is 10.4. The van der Waals surface area contributed by atoms with Gasteiger partial charge in [0.2, 0.25) is 0 Å². The predicted octanol–water partition coefficient (Wildman–Crippen LogP) is 3.46. The van der Waals surface area contributed by atoms with E-state index < -0.39 is 0 Å². The molecule has 0 saturated carbocycles. The van der Waals surface area contributed by atoms with Crippen LogP contribution in [0.5, 0.6) is 0 Å². The van der Waals surface area contributed by atoms with Gasteiger partial charge in [0.15, 0.2) is 0 Å². The van der Waals surface area contributed by atoms with Crippen LogP contribution >= 0.6 is 33.9 Å². The molecule has 0 saturated heterocycles. The lowest BCUT2D eigenvalue weighted by Gasteiger charge is -1.93. The molecule has 2 rings (SSSR count). The highest BCUT2D eigenvalue weighted by Gasteiger charge is 2.06. The fraction of sp³-hybridized carbons (Fsp3) is 0. The number of hydrogen-bond donors (Lipinski definition) is 0. The first-order chi connectivity index (χ1) is 6.20. The van der Waals surface area contributed by atoms with Gasteiger partial charge in [-0.05, 0) is 46.2 Å². The molecule has 0 aliphatic rings. The largest absolute Gasteiger partial charge is 0.298 e. The Morgan fingerprint density at radius 1 is 1.38 bits per heavy atom. The van der Waals surface area contributed by atoms with Crippen molar-refractivity contribution in [2.45, 2.75) is 0 Å². The third kappa shape index (κ3) is 1.60. The molecule has 0 radical (unpaired) electrons. The van der Waals surface area contributed by atoms with E-state index in [1.807, 2.05) is 6.07 Å². The second-order valence-electron chi connectivity index (χ2n) is 2.59. The third-order valence-corrected chi connectivity index (χ3v) is 3.62. The van der Waals surface area contributed by atoms with Crippen molar-refractivity contribution < 1.29 is 9.18 Å². The minimum atomic E-state index is -0.312. The zero-order valence-corrected chi connectivity index (χ0v) is 9.36. The molecule has 0 atom stereocenters. The number of carbonyl (C=O) groups excluding carboxylic acids is 1. The second kappa shape index (κ2) is 3.34. The van der Waals surface area contributed by atoms with E-state index in [1.165, 1.54) is 17.4 Å². The highest BCUT2D eigenvalue weighted by atomic mass is 127. The Hall–Kier alpha value is -0.490. The SMILES string of the molecule is O=Cc1cc(F)c2sc(I)cc2c1. The Morgan fingerprint density at radius 3 is 2.85 bits per heavy atom. The lowest BCUT2D eigenvalue weighted by Crippen LogP contribution is -1.81. The van der Waals surface area contributed by atoms with Gasteiger partial charge in [-0.1, -0.05) is 0 Å². The molecule has 0 spiro atoms. The van der Waals surface area contributed by atoms with E-state index in [2.05, 4.69) is 22.6 Å². The van der Waals surface area contributed by atoms with Crippen molar-refractivity contribution >= 4 is 50.3 Å². The van der Waals surface area contributed by atoms with Crippen LogP contribution in [0, 0.1) is 8.70 Å². The van der Waals surface area contributed by atoms with Crippen LogP contribution in [-0.4, -0.2) is 6.29 Å². The number of thiophene rings is 1. The minimum Gasteiger partial charge on any atom is -0.298 e. The van der Waals surface area contributed by atoms with E-state index in [0.29, 0.717) is 16.5 Å². The van der Waals surface area contributed by atoms with Crippen LogP contribution in [0.25, 0.3) is 10.1 Å². The van der Waals surface area contributed by atoms with Crippen LogP contribution in [0.2, 0.25) is 0 Å². The Balaban J connectivity index is 2.82. The zero-order valence-electron chi connectivity index (χ0n) is 6.38. The van der Waals surface area contributed by atoms with Crippen molar-refractivity contribution in [1.29, 1.82) is 0 Å². The van der Waals surface area contributed by atoms with Crippen molar-refractivity contribution in [3.05, 3.63) is 32.5 Å². The van der Waals surface area contributed by atoms with E-state index in [1.54, 1.807) is 6.07 Å². The fourth-order valence-corrected chi connectivity index (χ4v) is 2.94. The third-order valence-electron chi connectivity index (χ3n) is 1.70. The van der Waals surface area contributed by atoms with Gasteiger partial charge in [-0.15, -0.1) is 11.3 Å². The first-order valence-electron chi connectivity index (χ1n) is 3.54. The Bertz CT molecular complexity index is 478. The molecule has 0 N–H and O–H groups in total. The van der Waals surface area contributed by atoms with Gasteiger partial charge in [-0.25, -0.2) is 4.39 Å². The molecule has 66 valence electrons. The van der Waals surface area contributed by atoms with E-state index in [-0.39, 0.29) is 5.82 Å². The van der Waals surface area contributed by atoms with Gasteiger partial charge in [0.05, 0.1) is 7.58 Å². The van der Waals surface area contributed by atoms with Crippen LogP contribution in [-0.2, 0) is 0 Å². The summed E-state index contributed by atoms with van der Waals surface area (Å²) in [6.07, 6.45) is 0.660. The highest BCUT2D eigenvalue weighted by Crippen LogP contribution is 2.29. The first-order valence-corrected chi connectivity index (χ1v) is 5.44. The maximum Gasteiger partial charge on any atom is 0.150 e. The molecule has 2 aromatic rings. The molecule has 0 amide bonds. The molecule has 1 nitrogen and oxygen atoms in total. The molecular weight excluding hydrogens is 302 g/mol. The highest BCUT2D eigenvalue weighted by molar-refractivity contribution is 14.1. The Kier molecular flexibility index (Phi) is 2.33. The summed E-state index contributed by atoms with van der Waals surface area (Å²) in [6, 6.07) is 4.84. The van der Waals surface area contributed by atoms with Crippen molar-refractivity contribution in [2.75, 3.05) is 0 Å². The second-order valence-corrected chi connectivity index (χ2v) is 5.54. The molecule has 0 unspecified atom stereocenters. The molecule has 0 aliphatic heterocycles. The van der Waals surface area contributed by atoms with E-state index in [9.17, 15) is 9.18 Å². The van der Waals surface area contributed by atoms with Gasteiger partial charge in [-0.3, -0.25) is 4.79 Å². The summed E-state index contributed by atoms with van der Waals surface area (Å²) in [5.74, 6) is -0.312. The predicted molar refractivity (Wildman–Crippen MR) is 59.9 cm³/mol. The van der Waals surface area contributed by atoms with Gasteiger partial charge in [0, 0.05) is 5.56 Å². The van der Waals surface area contributed by atoms with Crippen LogP contribution in [0.3, 0.4) is 0 Å². The van der Waals surface area contributed by atoms with Crippen molar-refractivity contribution in [3.63, 3.8) is 0 Å². The molecule has 0 fully saturated rings. The smallest absolute Gasteiger partial charge is 0.150 e. The summed E-state index contributed by atoms with van der Waals surface area (Å²) in [5.41, 5.74) is 0.388. The summed E-state index contributed by atoms with van der Waals surface area (Å²) >= 11 is 3.53. The standard InChI is InChI=1S/C9H4FIOS/c10-7-2-5(4-12)1-6-3-8(11)13-9(6)7/h1-4H. The van der Waals surface area contributed by atoms with Crippen molar-refractivity contribution in [1.82, 2.24) is 0 Å². The minimum absolute atomic E-state index is 0.312. The first kappa shape index (κ1) is 9.08. The van der Waals surface area contributed by atoms with Gasteiger partial charge in [0.1, 0.15) is 12.1 Å². The fourth-order valence-electron chi connectivity index (χ4n) is 1.17. The van der Waals surface area contributed by atoms with Crippen LogP contribution < -0.4 is 0 Å². The van der Waals surface area contributed by atoms with Crippen molar-refractivity contribution in [2.24, 2.45) is 0 Å². The lowest BCUT2D eigenvalue weighted by atomic mass is 10.2. The van der Waals surface area contributed by atoms with E-state index in [0.717, 1.165) is 8.27 Å².